The van der Waals surface area contributed by atoms with E-state index in [4.69, 9.17) is 4.74 Å². The van der Waals surface area contributed by atoms with E-state index in [1.807, 2.05) is 24.3 Å². The summed E-state index contributed by atoms with van der Waals surface area (Å²) in [6.07, 6.45) is 2.85. The molecule has 0 radical (unpaired) electrons. The van der Waals surface area contributed by atoms with Crippen LogP contribution in [0.15, 0.2) is 53.6 Å². The Labute approximate surface area is 149 Å². The maximum atomic E-state index is 11.9. The van der Waals surface area contributed by atoms with Crippen LogP contribution in [0.5, 0.6) is 5.75 Å². The largest absolute Gasteiger partial charge is 0.495 e. The predicted molar refractivity (Wildman–Crippen MR) is 101 cm³/mol. The van der Waals surface area contributed by atoms with Gasteiger partial charge in [0, 0.05) is 17.0 Å². The van der Waals surface area contributed by atoms with Gasteiger partial charge in [-0.15, -0.1) is 0 Å². The van der Waals surface area contributed by atoms with E-state index in [-0.39, 0.29) is 4.90 Å². The van der Waals surface area contributed by atoms with Crippen LogP contribution in [-0.4, -0.2) is 37.0 Å². The number of benzene rings is 2. The molecule has 0 atom stereocenters. The van der Waals surface area contributed by atoms with Crippen molar-refractivity contribution in [2.45, 2.75) is 4.90 Å². The molecule has 0 aliphatic carbocycles. The van der Waals surface area contributed by atoms with E-state index >= 15 is 0 Å². The van der Waals surface area contributed by atoms with Crippen LogP contribution in [0.3, 0.4) is 0 Å². The maximum Gasteiger partial charge on any atom is 0.175 e. The number of rotatable bonds is 4. The number of aromatic amines is 1. The third-order valence-electron chi connectivity index (χ3n) is 4.15. The number of para-hydroxylation sites is 2. The number of anilines is 2. The number of H-pyrrole nitrogens is 1. The molecule has 2 heterocycles. The van der Waals surface area contributed by atoms with E-state index in [1.165, 1.54) is 6.26 Å². The van der Waals surface area contributed by atoms with Crippen molar-refractivity contribution in [2.75, 3.05) is 18.7 Å². The Bertz CT molecular complexity index is 1230. The number of sulfone groups is 1. The number of nitrogens with zero attached hydrogens (tertiary/aromatic N) is 2. The highest BCUT2D eigenvalue weighted by Gasteiger charge is 2.15. The van der Waals surface area contributed by atoms with E-state index in [2.05, 4.69) is 20.5 Å². The lowest BCUT2D eigenvalue weighted by atomic mass is 10.1. The lowest BCUT2D eigenvalue weighted by Crippen LogP contribution is -2.00. The van der Waals surface area contributed by atoms with Crippen molar-refractivity contribution < 1.29 is 13.2 Å². The monoisotopic (exact) mass is 368 g/mol. The van der Waals surface area contributed by atoms with Crippen LogP contribution >= 0.6 is 0 Å². The minimum absolute atomic E-state index is 0.250. The summed E-state index contributed by atoms with van der Waals surface area (Å²) in [4.78, 5) is 4.89. The van der Waals surface area contributed by atoms with Crippen LogP contribution < -0.4 is 10.1 Å². The fourth-order valence-electron chi connectivity index (χ4n) is 2.87. The lowest BCUT2D eigenvalue weighted by Gasteiger charge is -2.12. The summed E-state index contributed by atoms with van der Waals surface area (Å²) in [6, 6.07) is 12.4. The first kappa shape index (κ1) is 16.3. The zero-order valence-electron chi connectivity index (χ0n) is 14.1. The van der Waals surface area contributed by atoms with Gasteiger partial charge in [0.2, 0.25) is 0 Å². The molecule has 0 fully saturated rings. The zero-order chi connectivity index (χ0) is 18.3. The average Bonchev–Trinajstić information content (AvgIpc) is 3.11. The topological polar surface area (TPSA) is 97.0 Å². The molecule has 0 aliphatic rings. The molecule has 4 rings (SSSR count). The second-order valence-corrected chi connectivity index (χ2v) is 7.91. The molecular weight excluding hydrogens is 352 g/mol. The van der Waals surface area contributed by atoms with Gasteiger partial charge in [-0.2, -0.15) is 5.10 Å². The van der Waals surface area contributed by atoms with Crippen LogP contribution in [0.1, 0.15) is 0 Å². The standard InChI is InChI=1S/C18H16N4O3S/c1-25-16-6-4-3-5-15(16)21-18-17-13(10-19-22-17)12-9-11(26(2,23)24)7-8-14(12)20-18/h3-10H,1-2H3,(H,19,22)(H,20,21). The van der Waals surface area contributed by atoms with Gasteiger partial charge in [-0.3, -0.25) is 5.10 Å². The SMILES string of the molecule is COc1ccccc1Nc1nc2ccc(S(C)(=O)=O)cc2c2cn[nH]c12. The average molecular weight is 368 g/mol. The Morgan fingerprint density at radius 2 is 1.92 bits per heavy atom. The summed E-state index contributed by atoms with van der Waals surface area (Å²) >= 11 is 0. The summed E-state index contributed by atoms with van der Waals surface area (Å²) in [7, 11) is -1.70. The van der Waals surface area contributed by atoms with Gasteiger partial charge in [0.05, 0.1) is 29.4 Å². The van der Waals surface area contributed by atoms with Crippen molar-refractivity contribution in [1.29, 1.82) is 0 Å². The number of hydrogen-bond donors (Lipinski definition) is 2. The summed E-state index contributed by atoms with van der Waals surface area (Å²) in [5.41, 5.74) is 2.13. The van der Waals surface area contributed by atoms with E-state index in [1.54, 1.807) is 31.5 Å². The predicted octanol–water partition coefficient (Wildman–Crippen LogP) is 3.27. The first-order valence-corrected chi connectivity index (χ1v) is 9.73. The highest BCUT2D eigenvalue weighted by Crippen LogP contribution is 2.33. The first-order valence-electron chi connectivity index (χ1n) is 7.84. The molecule has 2 aromatic carbocycles. The molecule has 0 bridgehead atoms. The molecular formula is C18H16N4O3S. The molecule has 26 heavy (non-hydrogen) atoms. The molecule has 4 aromatic rings. The van der Waals surface area contributed by atoms with Gasteiger partial charge in [-0.25, -0.2) is 13.4 Å². The second kappa shape index (κ2) is 5.99. The van der Waals surface area contributed by atoms with Crippen LogP contribution in [0.4, 0.5) is 11.5 Å². The van der Waals surface area contributed by atoms with Gasteiger partial charge in [-0.1, -0.05) is 12.1 Å². The number of methoxy groups -OCH3 is 1. The Hall–Kier alpha value is -3.13. The highest BCUT2D eigenvalue weighted by atomic mass is 32.2. The van der Waals surface area contributed by atoms with Crippen LogP contribution in [0.2, 0.25) is 0 Å². The van der Waals surface area contributed by atoms with Crippen LogP contribution in [0.25, 0.3) is 21.8 Å². The van der Waals surface area contributed by atoms with Crippen molar-refractivity contribution in [2.24, 2.45) is 0 Å². The smallest absolute Gasteiger partial charge is 0.175 e. The fraction of sp³-hybridized carbons (Fsp3) is 0.111. The molecule has 8 heteroatoms. The summed E-state index contributed by atoms with van der Waals surface area (Å²) < 4.78 is 29.1. The first-order chi connectivity index (χ1) is 12.5. The molecule has 0 spiro atoms. The van der Waals surface area contributed by atoms with Crippen molar-refractivity contribution in [3.63, 3.8) is 0 Å². The molecule has 2 N–H and O–H groups in total. The number of pyridine rings is 1. The number of nitrogens with one attached hydrogen (secondary N) is 2. The van der Waals surface area contributed by atoms with E-state index < -0.39 is 9.84 Å². The summed E-state index contributed by atoms with van der Waals surface area (Å²) in [6.45, 7) is 0. The third-order valence-corrected chi connectivity index (χ3v) is 5.27. The Kier molecular flexibility index (Phi) is 3.77. The maximum absolute atomic E-state index is 11.9. The summed E-state index contributed by atoms with van der Waals surface area (Å²) in [5, 5.41) is 11.8. The molecule has 0 saturated carbocycles. The molecule has 0 aliphatic heterocycles. The quantitative estimate of drug-likeness (QED) is 0.574. The van der Waals surface area contributed by atoms with Crippen molar-refractivity contribution in [1.82, 2.24) is 15.2 Å². The van der Waals surface area contributed by atoms with Gasteiger partial charge >= 0.3 is 0 Å². The molecule has 0 saturated heterocycles. The minimum Gasteiger partial charge on any atom is -0.495 e. The molecule has 0 amide bonds. The molecule has 7 nitrogen and oxygen atoms in total. The minimum atomic E-state index is -3.30. The normalized spacial score (nSPS) is 11.8. The van der Waals surface area contributed by atoms with Crippen molar-refractivity contribution in [3.8, 4) is 5.75 Å². The highest BCUT2D eigenvalue weighted by molar-refractivity contribution is 7.90. The molecule has 2 aromatic heterocycles. The van der Waals surface area contributed by atoms with Gasteiger partial charge < -0.3 is 10.1 Å². The van der Waals surface area contributed by atoms with E-state index in [0.717, 1.165) is 16.5 Å². The van der Waals surface area contributed by atoms with Crippen molar-refractivity contribution in [3.05, 3.63) is 48.7 Å². The Balaban J connectivity index is 1.92. The molecule has 132 valence electrons. The van der Waals surface area contributed by atoms with Gasteiger partial charge in [0.25, 0.3) is 0 Å². The van der Waals surface area contributed by atoms with Crippen molar-refractivity contribution >= 4 is 43.1 Å². The third kappa shape index (κ3) is 2.74. The second-order valence-electron chi connectivity index (χ2n) is 5.90. The lowest BCUT2D eigenvalue weighted by molar-refractivity contribution is 0.417. The Morgan fingerprint density at radius 1 is 1.12 bits per heavy atom. The summed E-state index contributed by atoms with van der Waals surface area (Å²) in [5.74, 6) is 1.27. The molecule has 0 unspecified atom stereocenters. The van der Waals surface area contributed by atoms with Crippen LogP contribution in [0, 0.1) is 0 Å². The van der Waals surface area contributed by atoms with E-state index in [0.29, 0.717) is 22.6 Å². The number of ether oxygens (including phenoxy) is 1. The zero-order valence-corrected chi connectivity index (χ0v) is 15.0. The van der Waals surface area contributed by atoms with Crippen LogP contribution in [-0.2, 0) is 9.84 Å². The van der Waals surface area contributed by atoms with Gasteiger partial charge in [0.15, 0.2) is 15.7 Å². The number of aromatic nitrogens is 3. The van der Waals surface area contributed by atoms with Gasteiger partial charge in [0.1, 0.15) is 11.3 Å². The Morgan fingerprint density at radius 3 is 2.69 bits per heavy atom. The fourth-order valence-corrected chi connectivity index (χ4v) is 3.52. The number of hydrogen-bond acceptors (Lipinski definition) is 6. The number of fused-ring (bicyclic) bond motifs is 3. The van der Waals surface area contributed by atoms with E-state index in [9.17, 15) is 8.42 Å². The van der Waals surface area contributed by atoms with Gasteiger partial charge in [-0.05, 0) is 30.3 Å².